The van der Waals surface area contributed by atoms with Gasteiger partial charge in [-0.1, -0.05) is 18.2 Å². The van der Waals surface area contributed by atoms with Crippen molar-refractivity contribution >= 4 is 22.5 Å². The number of para-hydroxylation sites is 1. The molecule has 4 rings (SSSR count). The minimum atomic E-state index is -0.388. The van der Waals surface area contributed by atoms with Crippen LogP contribution in [-0.2, 0) is 0 Å². The number of aryl methyl sites for hydroxylation is 2. The van der Waals surface area contributed by atoms with E-state index in [1.54, 1.807) is 24.3 Å². The lowest BCUT2D eigenvalue weighted by atomic mass is 10.2. The van der Waals surface area contributed by atoms with Crippen LogP contribution in [0, 0.1) is 19.7 Å². The van der Waals surface area contributed by atoms with Crippen LogP contribution in [0.25, 0.3) is 16.7 Å². The van der Waals surface area contributed by atoms with E-state index in [9.17, 15) is 9.50 Å². The second-order valence-electron chi connectivity index (χ2n) is 6.02. The highest BCUT2D eigenvalue weighted by molar-refractivity contribution is 5.92. The maximum Gasteiger partial charge on any atom is 0.168 e. The van der Waals surface area contributed by atoms with E-state index in [2.05, 4.69) is 20.4 Å². The first kappa shape index (κ1) is 16.0. The summed E-state index contributed by atoms with van der Waals surface area (Å²) in [5.41, 5.74) is 2.97. The van der Waals surface area contributed by atoms with Crippen molar-refractivity contribution in [1.82, 2.24) is 19.7 Å². The fraction of sp³-hybridized carbons (Fsp3) is 0.105. The van der Waals surface area contributed by atoms with Crippen molar-refractivity contribution in [1.29, 1.82) is 0 Å². The molecule has 0 saturated heterocycles. The van der Waals surface area contributed by atoms with Crippen LogP contribution in [0.1, 0.15) is 11.3 Å². The molecule has 0 fully saturated rings. The molecule has 0 saturated carbocycles. The summed E-state index contributed by atoms with van der Waals surface area (Å²) < 4.78 is 15.7. The smallest absolute Gasteiger partial charge is 0.168 e. The Kier molecular flexibility index (Phi) is 3.76. The number of aromatic nitrogens is 4. The number of rotatable bonds is 3. The molecular formula is C19H16FN5O. The van der Waals surface area contributed by atoms with E-state index in [0.717, 1.165) is 5.56 Å². The SMILES string of the molecule is Cc1ccc(O)c(Nc2ncnc3c2c(C)nn3-c2ccccc2F)c1. The number of aromatic hydroxyl groups is 1. The number of nitrogens with zero attached hydrogens (tertiary/aromatic N) is 4. The zero-order valence-electron chi connectivity index (χ0n) is 14.2. The summed E-state index contributed by atoms with van der Waals surface area (Å²) in [6.07, 6.45) is 1.38. The Hall–Kier alpha value is -3.48. The lowest BCUT2D eigenvalue weighted by molar-refractivity contribution is 0.477. The average Bonchev–Trinajstić information content (AvgIpc) is 2.96. The standard InChI is InChI=1S/C19H16FN5O/c1-11-7-8-16(26)14(9-11)23-18-17-12(2)24-25(19(17)22-10-21-18)15-6-4-3-5-13(15)20/h3-10,26H,1-2H3,(H,21,22,23). The predicted molar refractivity (Wildman–Crippen MR) is 97.5 cm³/mol. The summed E-state index contributed by atoms with van der Waals surface area (Å²) in [5, 5.41) is 18.3. The number of hydrogen-bond donors (Lipinski definition) is 2. The van der Waals surface area contributed by atoms with E-state index in [1.807, 2.05) is 26.0 Å². The molecule has 7 heteroatoms. The van der Waals surface area contributed by atoms with Crippen LogP contribution >= 0.6 is 0 Å². The van der Waals surface area contributed by atoms with E-state index >= 15 is 0 Å². The first-order valence-electron chi connectivity index (χ1n) is 8.06. The van der Waals surface area contributed by atoms with Crippen molar-refractivity contribution in [3.8, 4) is 11.4 Å². The number of phenolic OH excluding ortho intramolecular Hbond substituents is 1. The summed E-state index contributed by atoms with van der Waals surface area (Å²) in [7, 11) is 0. The van der Waals surface area contributed by atoms with Gasteiger partial charge in [-0.2, -0.15) is 5.10 Å². The summed E-state index contributed by atoms with van der Waals surface area (Å²) in [6.45, 7) is 3.74. The van der Waals surface area contributed by atoms with Crippen LogP contribution in [-0.4, -0.2) is 24.9 Å². The van der Waals surface area contributed by atoms with Gasteiger partial charge in [0, 0.05) is 0 Å². The molecule has 0 bridgehead atoms. The first-order chi connectivity index (χ1) is 12.5. The molecule has 0 spiro atoms. The van der Waals surface area contributed by atoms with Gasteiger partial charge in [0.15, 0.2) is 5.65 Å². The Morgan fingerprint density at radius 1 is 1.08 bits per heavy atom. The maximum absolute atomic E-state index is 14.2. The number of nitrogens with one attached hydrogen (secondary N) is 1. The van der Waals surface area contributed by atoms with Gasteiger partial charge in [-0.3, -0.25) is 0 Å². The molecule has 0 aliphatic heterocycles. The van der Waals surface area contributed by atoms with Gasteiger partial charge in [-0.25, -0.2) is 19.0 Å². The molecule has 0 atom stereocenters. The van der Waals surface area contributed by atoms with Gasteiger partial charge in [0.25, 0.3) is 0 Å². The van der Waals surface area contributed by atoms with Gasteiger partial charge >= 0.3 is 0 Å². The van der Waals surface area contributed by atoms with E-state index in [-0.39, 0.29) is 11.6 Å². The van der Waals surface area contributed by atoms with Gasteiger partial charge in [0.1, 0.15) is 29.4 Å². The summed E-state index contributed by atoms with van der Waals surface area (Å²) in [6, 6.07) is 11.6. The third-order valence-electron chi connectivity index (χ3n) is 4.13. The summed E-state index contributed by atoms with van der Waals surface area (Å²) in [5.74, 6) is 0.221. The van der Waals surface area contributed by atoms with E-state index in [1.165, 1.54) is 17.1 Å². The Morgan fingerprint density at radius 3 is 2.69 bits per heavy atom. The number of halogens is 1. The molecule has 2 N–H and O–H groups in total. The van der Waals surface area contributed by atoms with E-state index in [4.69, 9.17) is 0 Å². The largest absolute Gasteiger partial charge is 0.506 e. The third kappa shape index (κ3) is 2.63. The summed E-state index contributed by atoms with van der Waals surface area (Å²) >= 11 is 0. The van der Waals surface area contributed by atoms with Gasteiger partial charge < -0.3 is 10.4 Å². The fourth-order valence-corrected chi connectivity index (χ4v) is 2.88. The zero-order chi connectivity index (χ0) is 18.3. The van der Waals surface area contributed by atoms with Crippen LogP contribution in [0.3, 0.4) is 0 Å². The Bertz CT molecular complexity index is 1120. The molecule has 0 aliphatic rings. The van der Waals surface area contributed by atoms with Crippen molar-refractivity contribution in [3.05, 3.63) is 65.9 Å². The number of hydrogen-bond acceptors (Lipinski definition) is 5. The minimum Gasteiger partial charge on any atom is -0.506 e. The van der Waals surface area contributed by atoms with Crippen LogP contribution < -0.4 is 5.32 Å². The molecule has 0 amide bonds. The maximum atomic E-state index is 14.2. The van der Waals surface area contributed by atoms with Crippen molar-refractivity contribution in [2.24, 2.45) is 0 Å². The monoisotopic (exact) mass is 349 g/mol. The van der Waals surface area contributed by atoms with E-state index in [0.29, 0.717) is 33.9 Å². The second-order valence-corrected chi connectivity index (χ2v) is 6.02. The highest BCUT2D eigenvalue weighted by Crippen LogP contribution is 2.31. The minimum absolute atomic E-state index is 0.113. The van der Waals surface area contributed by atoms with Gasteiger partial charge in [-0.05, 0) is 43.7 Å². The molecule has 2 aromatic carbocycles. The lowest BCUT2D eigenvalue weighted by Gasteiger charge is -2.10. The molecule has 4 aromatic rings. The van der Waals surface area contributed by atoms with Crippen LogP contribution in [0.4, 0.5) is 15.9 Å². The number of anilines is 2. The highest BCUT2D eigenvalue weighted by Gasteiger charge is 2.17. The van der Waals surface area contributed by atoms with Crippen molar-refractivity contribution < 1.29 is 9.50 Å². The Balaban J connectivity index is 1.88. The third-order valence-corrected chi connectivity index (χ3v) is 4.13. The van der Waals surface area contributed by atoms with Gasteiger partial charge in [-0.15, -0.1) is 0 Å². The Labute approximate surface area is 149 Å². The molecule has 0 radical (unpaired) electrons. The van der Waals surface area contributed by atoms with Crippen molar-refractivity contribution in [2.75, 3.05) is 5.32 Å². The van der Waals surface area contributed by atoms with Crippen molar-refractivity contribution in [2.45, 2.75) is 13.8 Å². The van der Waals surface area contributed by atoms with Crippen LogP contribution in [0.5, 0.6) is 5.75 Å². The highest BCUT2D eigenvalue weighted by atomic mass is 19.1. The second kappa shape index (κ2) is 6.11. The van der Waals surface area contributed by atoms with Crippen LogP contribution in [0.2, 0.25) is 0 Å². The number of fused-ring (bicyclic) bond motifs is 1. The normalized spacial score (nSPS) is 11.0. The zero-order valence-corrected chi connectivity index (χ0v) is 14.2. The van der Waals surface area contributed by atoms with Crippen LogP contribution in [0.15, 0.2) is 48.8 Å². The summed E-state index contributed by atoms with van der Waals surface area (Å²) in [4.78, 5) is 8.56. The molecule has 0 aliphatic carbocycles. The van der Waals surface area contributed by atoms with Gasteiger partial charge in [0.2, 0.25) is 0 Å². The lowest BCUT2D eigenvalue weighted by Crippen LogP contribution is -2.01. The molecule has 2 heterocycles. The first-order valence-corrected chi connectivity index (χ1v) is 8.06. The number of benzene rings is 2. The average molecular weight is 349 g/mol. The predicted octanol–water partition coefficient (Wildman–Crippen LogP) is 4.02. The van der Waals surface area contributed by atoms with E-state index < -0.39 is 0 Å². The fourth-order valence-electron chi connectivity index (χ4n) is 2.88. The molecular weight excluding hydrogens is 333 g/mol. The topological polar surface area (TPSA) is 75.9 Å². The molecule has 6 nitrogen and oxygen atoms in total. The number of phenols is 1. The quantitative estimate of drug-likeness (QED) is 0.546. The van der Waals surface area contributed by atoms with Gasteiger partial charge in [0.05, 0.1) is 16.8 Å². The Morgan fingerprint density at radius 2 is 1.88 bits per heavy atom. The molecule has 0 unspecified atom stereocenters. The molecule has 26 heavy (non-hydrogen) atoms. The van der Waals surface area contributed by atoms with Crippen molar-refractivity contribution in [3.63, 3.8) is 0 Å². The molecule has 130 valence electrons. The molecule has 2 aromatic heterocycles.